The molecule has 0 aliphatic heterocycles. The van der Waals surface area contributed by atoms with Crippen LogP contribution in [0, 0.1) is 0 Å². The van der Waals surface area contributed by atoms with Crippen molar-refractivity contribution in [3.63, 3.8) is 0 Å². The summed E-state index contributed by atoms with van der Waals surface area (Å²) in [6.45, 7) is 0. The molecular formula is C43H25NO3. The Morgan fingerprint density at radius 2 is 1.00 bits per heavy atom. The molecule has 4 heteroatoms. The zero-order valence-corrected chi connectivity index (χ0v) is 25.1. The van der Waals surface area contributed by atoms with Crippen LogP contribution in [0.25, 0.3) is 93.4 Å². The van der Waals surface area contributed by atoms with Crippen molar-refractivity contribution in [3.8, 4) is 27.9 Å². The molecule has 0 atom stereocenters. The molecule has 0 amide bonds. The fourth-order valence-corrected chi connectivity index (χ4v) is 7.40. The number of rotatable bonds is 3. The topological polar surface area (TPSA) is 48.3 Å². The van der Waals surface area contributed by atoms with Crippen LogP contribution >= 0.6 is 0 Å². The highest BCUT2D eigenvalue weighted by Crippen LogP contribution is 2.41. The summed E-state index contributed by atoms with van der Waals surface area (Å²) in [6, 6.07) is 51.9. The first-order valence-corrected chi connectivity index (χ1v) is 15.7. The summed E-state index contributed by atoms with van der Waals surface area (Å²) in [5, 5.41) is 6.79. The lowest BCUT2D eigenvalue weighted by molar-refractivity contribution is 0.570. The highest BCUT2D eigenvalue weighted by molar-refractivity contribution is 6.17. The van der Waals surface area contributed by atoms with Gasteiger partial charge in [0.1, 0.15) is 16.7 Å². The van der Waals surface area contributed by atoms with Crippen molar-refractivity contribution in [2.24, 2.45) is 0 Å². The van der Waals surface area contributed by atoms with E-state index < -0.39 is 0 Å². The Morgan fingerprint density at radius 1 is 0.404 bits per heavy atom. The maximum absolute atomic E-state index is 13.5. The molecule has 0 saturated carbocycles. The van der Waals surface area contributed by atoms with Crippen molar-refractivity contribution in [1.82, 2.24) is 4.57 Å². The minimum atomic E-state index is -0.350. The van der Waals surface area contributed by atoms with E-state index in [1.165, 1.54) is 10.8 Å². The Labute approximate surface area is 268 Å². The highest BCUT2D eigenvalue weighted by Gasteiger charge is 2.18. The lowest BCUT2D eigenvalue weighted by Crippen LogP contribution is -2.01. The monoisotopic (exact) mass is 603 g/mol. The van der Waals surface area contributed by atoms with E-state index in [2.05, 4.69) is 102 Å². The predicted octanol–water partition coefficient (Wildman–Crippen LogP) is 11.3. The fourth-order valence-electron chi connectivity index (χ4n) is 7.40. The first-order valence-electron chi connectivity index (χ1n) is 15.7. The first-order chi connectivity index (χ1) is 23.2. The summed E-state index contributed by atoms with van der Waals surface area (Å²) >= 11 is 0. The average Bonchev–Trinajstić information content (AvgIpc) is 3.67. The first kappa shape index (κ1) is 25.9. The predicted molar refractivity (Wildman–Crippen MR) is 192 cm³/mol. The molecule has 10 aromatic rings. The molecule has 7 aromatic carbocycles. The van der Waals surface area contributed by atoms with E-state index >= 15 is 0 Å². The van der Waals surface area contributed by atoms with Crippen LogP contribution in [-0.2, 0) is 0 Å². The normalized spacial score (nSPS) is 11.9. The van der Waals surface area contributed by atoms with Gasteiger partial charge in [-0.1, -0.05) is 97.1 Å². The molecule has 220 valence electrons. The maximum Gasteiger partial charge on any atom is 0.344 e. The van der Waals surface area contributed by atoms with Gasteiger partial charge < -0.3 is 13.4 Å². The second kappa shape index (κ2) is 9.80. The standard InChI is InChI=1S/C43H25NO3/c45-43-35-25-26(30-15-8-18-39-42(30)33-13-5-7-17-38(33)46-39)20-22-32(35)41-29(14-9-19-40(41)47-43)27-21-23-37-34(24-27)31-12-4-6-16-36(31)44(37)28-10-2-1-3-11-28/h1-25H. The van der Waals surface area contributed by atoms with Gasteiger partial charge in [-0.25, -0.2) is 4.79 Å². The van der Waals surface area contributed by atoms with E-state index in [9.17, 15) is 4.79 Å². The summed E-state index contributed by atoms with van der Waals surface area (Å²) in [6.07, 6.45) is 0. The van der Waals surface area contributed by atoms with Gasteiger partial charge in [0.25, 0.3) is 0 Å². The van der Waals surface area contributed by atoms with E-state index in [0.29, 0.717) is 11.0 Å². The van der Waals surface area contributed by atoms with E-state index in [0.717, 1.165) is 71.7 Å². The van der Waals surface area contributed by atoms with Crippen LogP contribution in [0.15, 0.2) is 165 Å². The van der Waals surface area contributed by atoms with E-state index in [4.69, 9.17) is 8.83 Å². The average molecular weight is 604 g/mol. The number of aromatic nitrogens is 1. The molecule has 47 heavy (non-hydrogen) atoms. The number of fused-ring (bicyclic) bond motifs is 9. The van der Waals surface area contributed by atoms with Crippen LogP contribution in [0.1, 0.15) is 0 Å². The van der Waals surface area contributed by atoms with Crippen LogP contribution in [0.2, 0.25) is 0 Å². The van der Waals surface area contributed by atoms with Gasteiger partial charge in [0, 0.05) is 38.0 Å². The van der Waals surface area contributed by atoms with E-state index in [1.54, 1.807) is 0 Å². The Morgan fingerprint density at radius 3 is 1.81 bits per heavy atom. The Hall–Kier alpha value is -6.39. The van der Waals surface area contributed by atoms with Crippen molar-refractivity contribution >= 4 is 65.5 Å². The van der Waals surface area contributed by atoms with Crippen molar-refractivity contribution in [2.75, 3.05) is 0 Å². The number of hydrogen-bond donors (Lipinski definition) is 0. The number of benzene rings is 7. The van der Waals surface area contributed by atoms with Crippen LogP contribution in [0.4, 0.5) is 0 Å². The van der Waals surface area contributed by atoms with Gasteiger partial charge in [-0.15, -0.1) is 0 Å². The molecule has 0 saturated heterocycles. The van der Waals surface area contributed by atoms with Gasteiger partial charge in [-0.2, -0.15) is 0 Å². The number of furan rings is 1. The van der Waals surface area contributed by atoms with Gasteiger partial charge in [-0.05, 0) is 76.9 Å². The lowest BCUT2D eigenvalue weighted by atomic mass is 9.93. The van der Waals surface area contributed by atoms with E-state index in [1.807, 2.05) is 54.6 Å². The Bertz CT molecular complexity index is 2930. The van der Waals surface area contributed by atoms with Gasteiger partial charge in [0.05, 0.1) is 16.4 Å². The molecule has 3 aromatic heterocycles. The van der Waals surface area contributed by atoms with Crippen molar-refractivity contribution in [1.29, 1.82) is 0 Å². The molecule has 3 heterocycles. The van der Waals surface area contributed by atoms with Crippen molar-refractivity contribution in [3.05, 3.63) is 162 Å². The summed E-state index contributed by atoms with van der Waals surface area (Å²) < 4.78 is 14.5. The Kier molecular flexibility index (Phi) is 5.40. The minimum absolute atomic E-state index is 0.350. The molecule has 10 rings (SSSR count). The number of hydrogen-bond acceptors (Lipinski definition) is 3. The third kappa shape index (κ3) is 3.79. The van der Waals surface area contributed by atoms with Crippen molar-refractivity contribution < 1.29 is 8.83 Å². The smallest absolute Gasteiger partial charge is 0.344 e. The van der Waals surface area contributed by atoms with Crippen LogP contribution in [0.5, 0.6) is 0 Å². The van der Waals surface area contributed by atoms with Gasteiger partial charge in [0.15, 0.2) is 0 Å². The molecule has 0 unspecified atom stereocenters. The molecule has 0 fully saturated rings. The van der Waals surface area contributed by atoms with Gasteiger partial charge >= 0.3 is 5.63 Å². The second-order valence-corrected chi connectivity index (χ2v) is 12.0. The summed E-state index contributed by atoms with van der Waals surface area (Å²) in [7, 11) is 0. The summed E-state index contributed by atoms with van der Waals surface area (Å²) in [5.41, 5.74) is 9.35. The quantitative estimate of drug-likeness (QED) is 0.149. The van der Waals surface area contributed by atoms with Crippen molar-refractivity contribution in [2.45, 2.75) is 0 Å². The summed E-state index contributed by atoms with van der Waals surface area (Å²) in [4.78, 5) is 13.5. The van der Waals surface area contributed by atoms with E-state index in [-0.39, 0.29) is 5.63 Å². The molecule has 0 radical (unpaired) electrons. The third-order valence-corrected chi connectivity index (χ3v) is 9.45. The maximum atomic E-state index is 13.5. The molecule has 0 N–H and O–H groups in total. The minimum Gasteiger partial charge on any atom is -0.456 e. The van der Waals surface area contributed by atoms with Gasteiger partial charge in [0.2, 0.25) is 0 Å². The number of nitrogens with zero attached hydrogens (tertiary/aromatic N) is 1. The molecule has 0 bridgehead atoms. The molecule has 0 spiro atoms. The van der Waals surface area contributed by atoms with Crippen LogP contribution in [-0.4, -0.2) is 4.57 Å². The third-order valence-electron chi connectivity index (χ3n) is 9.45. The zero-order valence-electron chi connectivity index (χ0n) is 25.1. The molecule has 0 aliphatic carbocycles. The fraction of sp³-hybridized carbons (Fsp3) is 0. The Balaban J connectivity index is 1.21. The molecular weight excluding hydrogens is 578 g/mol. The second-order valence-electron chi connectivity index (χ2n) is 12.0. The van der Waals surface area contributed by atoms with Crippen LogP contribution < -0.4 is 5.63 Å². The van der Waals surface area contributed by atoms with Crippen LogP contribution in [0.3, 0.4) is 0 Å². The SMILES string of the molecule is O=c1oc2cccc(-c3ccc4c(c3)c3ccccc3n4-c3ccccc3)c2c2ccc(-c3cccc4oc5ccccc5c34)cc12. The zero-order chi connectivity index (χ0) is 31.1. The number of para-hydroxylation sites is 3. The van der Waals surface area contributed by atoms with Gasteiger partial charge in [-0.3, -0.25) is 0 Å². The molecule has 4 nitrogen and oxygen atoms in total. The largest absolute Gasteiger partial charge is 0.456 e. The lowest BCUT2D eigenvalue weighted by Gasteiger charge is -2.12. The molecule has 0 aliphatic rings. The highest BCUT2D eigenvalue weighted by atomic mass is 16.4. The summed E-state index contributed by atoms with van der Waals surface area (Å²) in [5.74, 6) is 0.